The summed E-state index contributed by atoms with van der Waals surface area (Å²) in [5.41, 5.74) is 2.74. The molecular formula is C15H22N2. The lowest BCUT2D eigenvalue weighted by atomic mass is 10.1. The van der Waals surface area contributed by atoms with Crippen LogP contribution in [0.3, 0.4) is 0 Å². The first kappa shape index (κ1) is 12.2. The van der Waals surface area contributed by atoms with Crippen molar-refractivity contribution in [1.82, 2.24) is 9.88 Å². The van der Waals surface area contributed by atoms with Crippen molar-refractivity contribution in [1.29, 1.82) is 0 Å². The van der Waals surface area contributed by atoms with Gasteiger partial charge in [-0.3, -0.25) is 0 Å². The maximum absolute atomic E-state index is 3.28. The Morgan fingerprint density at radius 3 is 2.59 bits per heavy atom. The topological polar surface area (TPSA) is 17.0 Å². The van der Waals surface area contributed by atoms with Gasteiger partial charge in [0.05, 0.1) is 0 Å². The summed E-state index contributed by atoms with van der Waals surface area (Å²) in [7, 11) is 2.01. The van der Waals surface area contributed by atoms with Crippen molar-refractivity contribution < 1.29 is 0 Å². The molecule has 1 heterocycles. The maximum Gasteiger partial charge on any atom is 0.0482 e. The van der Waals surface area contributed by atoms with Gasteiger partial charge in [-0.15, -0.1) is 0 Å². The highest BCUT2D eigenvalue weighted by molar-refractivity contribution is 5.81. The Hall–Kier alpha value is -1.28. The van der Waals surface area contributed by atoms with Crippen LogP contribution in [0.25, 0.3) is 10.9 Å². The first-order valence-corrected chi connectivity index (χ1v) is 6.38. The largest absolute Gasteiger partial charge is 0.345 e. The molecule has 0 fully saturated rings. The lowest BCUT2D eigenvalue weighted by molar-refractivity contribution is 0.608. The molecule has 2 heteroatoms. The Bertz CT molecular complexity index is 497. The Morgan fingerprint density at radius 2 is 1.94 bits per heavy atom. The molecule has 0 amide bonds. The van der Waals surface area contributed by atoms with Gasteiger partial charge in [-0.05, 0) is 63.4 Å². The second-order valence-corrected chi connectivity index (χ2v) is 5.10. The van der Waals surface area contributed by atoms with Crippen molar-refractivity contribution in [2.24, 2.45) is 0 Å². The third kappa shape index (κ3) is 2.52. The predicted octanol–water partition coefficient (Wildman–Crippen LogP) is 3.37. The van der Waals surface area contributed by atoms with Crippen molar-refractivity contribution in [3.8, 4) is 0 Å². The van der Waals surface area contributed by atoms with E-state index in [1.807, 2.05) is 7.05 Å². The summed E-state index contributed by atoms with van der Waals surface area (Å²) in [5, 5.41) is 4.63. The SMILES string of the molecule is CNC(C)Cc1ccc2c(ccn2C(C)C)c1. The second-order valence-electron chi connectivity index (χ2n) is 5.10. The van der Waals surface area contributed by atoms with Crippen molar-refractivity contribution in [3.63, 3.8) is 0 Å². The van der Waals surface area contributed by atoms with E-state index in [4.69, 9.17) is 0 Å². The number of fused-ring (bicyclic) bond motifs is 1. The molecule has 2 rings (SSSR count). The van der Waals surface area contributed by atoms with Crippen LogP contribution in [0, 0.1) is 0 Å². The molecule has 17 heavy (non-hydrogen) atoms. The van der Waals surface area contributed by atoms with E-state index in [2.05, 4.69) is 61.1 Å². The van der Waals surface area contributed by atoms with E-state index in [1.54, 1.807) is 0 Å². The van der Waals surface area contributed by atoms with E-state index < -0.39 is 0 Å². The van der Waals surface area contributed by atoms with Crippen LogP contribution in [0.4, 0.5) is 0 Å². The molecule has 92 valence electrons. The van der Waals surface area contributed by atoms with E-state index >= 15 is 0 Å². The first-order valence-electron chi connectivity index (χ1n) is 6.38. The van der Waals surface area contributed by atoms with Gasteiger partial charge in [0.2, 0.25) is 0 Å². The van der Waals surface area contributed by atoms with Crippen LogP contribution in [0.15, 0.2) is 30.5 Å². The van der Waals surface area contributed by atoms with Gasteiger partial charge in [0.15, 0.2) is 0 Å². The second kappa shape index (κ2) is 4.92. The number of nitrogens with one attached hydrogen (secondary N) is 1. The highest BCUT2D eigenvalue weighted by Gasteiger charge is 2.06. The molecule has 1 atom stereocenters. The van der Waals surface area contributed by atoms with Crippen LogP contribution in [0.1, 0.15) is 32.4 Å². The average molecular weight is 230 g/mol. The van der Waals surface area contributed by atoms with Gasteiger partial charge in [-0.2, -0.15) is 0 Å². The molecule has 0 aliphatic heterocycles. The molecule has 0 spiro atoms. The summed E-state index contributed by atoms with van der Waals surface area (Å²) in [5.74, 6) is 0. The Balaban J connectivity index is 2.33. The standard InChI is InChI=1S/C15H22N2/c1-11(2)17-8-7-14-10-13(5-6-15(14)17)9-12(3)16-4/h5-8,10-12,16H,9H2,1-4H3. The molecule has 0 bridgehead atoms. The number of aromatic nitrogens is 1. The number of nitrogens with zero attached hydrogens (tertiary/aromatic N) is 1. The summed E-state index contributed by atoms with van der Waals surface area (Å²) < 4.78 is 2.32. The Morgan fingerprint density at radius 1 is 1.18 bits per heavy atom. The van der Waals surface area contributed by atoms with Crippen molar-refractivity contribution >= 4 is 10.9 Å². The molecule has 0 aliphatic rings. The third-order valence-corrected chi connectivity index (χ3v) is 3.38. The molecule has 0 saturated heterocycles. The minimum absolute atomic E-state index is 0.523. The normalized spacial score (nSPS) is 13.5. The van der Waals surface area contributed by atoms with Gasteiger partial charge >= 0.3 is 0 Å². The average Bonchev–Trinajstić information content (AvgIpc) is 2.71. The van der Waals surface area contributed by atoms with Crippen LogP contribution in [0.5, 0.6) is 0 Å². The van der Waals surface area contributed by atoms with Crippen LogP contribution in [-0.4, -0.2) is 17.7 Å². The highest BCUT2D eigenvalue weighted by atomic mass is 15.0. The van der Waals surface area contributed by atoms with E-state index in [1.165, 1.54) is 16.5 Å². The molecular weight excluding hydrogens is 208 g/mol. The maximum atomic E-state index is 3.28. The van der Waals surface area contributed by atoms with Gasteiger partial charge in [0.1, 0.15) is 0 Å². The fourth-order valence-corrected chi connectivity index (χ4v) is 2.25. The van der Waals surface area contributed by atoms with Gasteiger partial charge in [-0.25, -0.2) is 0 Å². The smallest absolute Gasteiger partial charge is 0.0482 e. The zero-order valence-electron chi connectivity index (χ0n) is 11.2. The van der Waals surface area contributed by atoms with Crippen LogP contribution in [-0.2, 0) is 6.42 Å². The summed E-state index contributed by atoms with van der Waals surface area (Å²) in [6.07, 6.45) is 3.26. The molecule has 2 nitrogen and oxygen atoms in total. The van der Waals surface area contributed by atoms with E-state index in [0.29, 0.717) is 12.1 Å². The molecule has 0 saturated carbocycles. The van der Waals surface area contributed by atoms with Gasteiger partial charge < -0.3 is 9.88 Å². The minimum Gasteiger partial charge on any atom is -0.345 e. The molecule has 0 radical (unpaired) electrons. The number of rotatable bonds is 4. The van der Waals surface area contributed by atoms with E-state index in [9.17, 15) is 0 Å². The lowest BCUT2D eigenvalue weighted by Crippen LogP contribution is -2.23. The van der Waals surface area contributed by atoms with Gasteiger partial charge in [0.25, 0.3) is 0 Å². The van der Waals surface area contributed by atoms with Crippen molar-refractivity contribution in [2.45, 2.75) is 39.3 Å². The Kier molecular flexibility index (Phi) is 3.53. The summed E-state index contributed by atoms with van der Waals surface area (Å²) >= 11 is 0. The molecule has 1 aromatic heterocycles. The Labute approximate surface area is 104 Å². The first-order chi connectivity index (χ1) is 8.11. The number of hydrogen-bond acceptors (Lipinski definition) is 1. The van der Waals surface area contributed by atoms with Gasteiger partial charge in [0, 0.05) is 23.8 Å². The summed E-state index contributed by atoms with van der Waals surface area (Å²) in [4.78, 5) is 0. The fraction of sp³-hybridized carbons (Fsp3) is 0.467. The minimum atomic E-state index is 0.523. The van der Waals surface area contributed by atoms with Crippen LogP contribution < -0.4 is 5.32 Å². The molecule has 2 aromatic rings. The molecule has 1 N–H and O–H groups in total. The van der Waals surface area contributed by atoms with Crippen molar-refractivity contribution in [3.05, 3.63) is 36.0 Å². The summed E-state index contributed by atoms with van der Waals surface area (Å²) in [6, 6.07) is 10.1. The number of likely N-dealkylation sites (N-methyl/N-ethyl adjacent to an activating group) is 1. The number of hydrogen-bond donors (Lipinski definition) is 1. The number of benzene rings is 1. The zero-order chi connectivity index (χ0) is 12.4. The quantitative estimate of drug-likeness (QED) is 0.852. The molecule has 0 aliphatic carbocycles. The van der Waals surface area contributed by atoms with E-state index in [0.717, 1.165) is 6.42 Å². The van der Waals surface area contributed by atoms with Crippen LogP contribution in [0.2, 0.25) is 0 Å². The van der Waals surface area contributed by atoms with Crippen LogP contribution >= 0.6 is 0 Å². The summed E-state index contributed by atoms with van der Waals surface area (Å²) in [6.45, 7) is 6.65. The predicted molar refractivity (Wildman–Crippen MR) is 74.5 cm³/mol. The fourth-order valence-electron chi connectivity index (χ4n) is 2.25. The lowest BCUT2D eigenvalue weighted by Gasteiger charge is -2.12. The highest BCUT2D eigenvalue weighted by Crippen LogP contribution is 2.21. The molecule has 1 aromatic carbocycles. The molecule has 1 unspecified atom stereocenters. The van der Waals surface area contributed by atoms with Gasteiger partial charge in [-0.1, -0.05) is 6.07 Å². The van der Waals surface area contributed by atoms with Crippen molar-refractivity contribution in [2.75, 3.05) is 7.05 Å². The third-order valence-electron chi connectivity index (χ3n) is 3.38. The van der Waals surface area contributed by atoms with E-state index in [-0.39, 0.29) is 0 Å². The zero-order valence-corrected chi connectivity index (χ0v) is 11.2. The monoisotopic (exact) mass is 230 g/mol.